The zero-order valence-corrected chi connectivity index (χ0v) is 65.8. The van der Waals surface area contributed by atoms with E-state index in [0.717, 1.165) is 21.6 Å². The SMILES string of the molecule is NC(=O)OCCSSC[C@@H](NC(=O)[C@H](CCC(=O)NC[C@H](O)C[C@H](O)[C@H](O)CO)NC(=O)[C@@H](CCC(=O)O)NC(=O)[C@H](CCC(=O)NC[C@H](O)C[C@H](O)[C@H](O)CO)NC(=O)[C@@H](CCC(=O)O)NC(=O)[C@H](CCC(=O)NC[C@H](O)C[C@H](O)[C@H](O)CO)NC(=O)CC[C@@H](NC(=O)c1ccc(NCc2cnc3nc(N)[nH]c(=O)c3n2)cc1)C(=O)O)C(=O)O. The van der Waals surface area contributed by atoms with Gasteiger partial charge in [-0.25, -0.2) is 24.4 Å². The minimum Gasteiger partial charge on any atom is -0.481 e. The van der Waals surface area contributed by atoms with Gasteiger partial charge in [0, 0.05) is 100 Å². The van der Waals surface area contributed by atoms with Crippen LogP contribution in [0.4, 0.5) is 16.4 Å². The van der Waals surface area contributed by atoms with Gasteiger partial charge in [-0.3, -0.25) is 67.3 Å². The van der Waals surface area contributed by atoms with Crippen LogP contribution in [0.15, 0.2) is 35.3 Å². The molecular weight excluding hydrogens is 1650 g/mol. The number of aliphatic hydroxyl groups is 12. The van der Waals surface area contributed by atoms with Crippen molar-refractivity contribution in [3.63, 3.8) is 0 Å². The number of aromatic nitrogens is 4. The van der Waals surface area contributed by atoms with Gasteiger partial charge in [0.05, 0.1) is 74.9 Å². The third kappa shape index (κ3) is 40.2. The van der Waals surface area contributed by atoms with Gasteiger partial charge in [0.25, 0.3) is 11.5 Å². The molecule has 50 nitrogen and oxygen atoms in total. The second-order valence-electron chi connectivity index (χ2n) is 26.9. The summed E-state index contributed by atoms with van der Waals surface area (Å²) in [6, 6.07) is -8.66. The normalized spacial score (nSPS) is 15.3. The van der Waals surface area contributed by atoms with Crippen LogP contribution in [-0.2, 0) is 73.6 Å². The Balaban J connectivity index is 2.06. The number of carbonyl (C=O) groups excluding carboxylic acids is 11. The predicted molar refractivity (Wildman–Crippen MR) is 414 cm³/mol. The second-order valence-corrected chi connectivity index (χ2v) is 29.5. The molecule has 2 aromatic heterocycles. The molecular formula is C68H103N17O33S2. The van der Waals surface area contributed by atoms with E-state index in [9.17, 15) is 153 Å². The molecule has 11 amide bonds. The third-order valence-electron chi connectivity index (χ3n) is 17.2. The molecule has 670 valence electrons. The van der Waals surface area contributed by atoms with Gasteiger partial charge in [0.15, 0.2) is 11.2 Å². The number of primary amides is 1. The highest BCUT2D eigenvalue weighted by Crippen LogP contribution is 2.23. The summed E-state index contributed by atoms with van der Waals surface area (Å²) >= 11 is 0. The maximum atomic E-state index is 14.7. The van der Waals surface area contributed by atoms with E-state index in [1.807, 2.05) is 0 Å². The molecule has 3 rings (SSSR count). The molecule has 0 unspecified atom stereocenters. The molecule has 0 aliphatic heterocycles. The maximum absolute atomic E-state index is 14.7. The highest BCUT2D eigenvalue weighted by Gasteiger charge is 2.36. The van der Waals surface area contributed by atoms with Crippen LogP contribution < -0.4 is 75.5 Å². The van der Waals surface area contributed by atoms with Gasteiger partial charge in [-0.15, -0.1) is 0 Å². The third-order valence-corrected chi connectivity index (χ3v) is 19.6. The van der Waals surface area contributed by atoms with E-state index in [1.165, 1.54) is 30.5 Å². The number of aliphatic carboxylic acids is 4. The summed E-state index contributed by atoms with van der Waals surface area (Å²) in [5.74, 6) is -19.5. The number of carboxylic acid groups (broad SMARTS) is 4. The molecule has 32 N–H and O–H groups in total. The highest BCUT2D eigenvalue weighted by molar-refractivity contribution is 8.76. The van der Waals surface area contributed by atoms with Crippen LogP contribution in [0.1, 0.15) is 112 Å². The second kappa shape index (κ2) is 54.3. The van der Waals surface area contributed by atoms with Gasteiger partial charge >= 0.3 is 30.0 Å². The molecule has 0 aliphatic carbocycles. The maximum Gasteiger partial charge on any atom is 0.404 e. The number of amides is 11. The van der Waals surface area contributed by atoms with Crippen molar-refractivity contribution in [2.45, 2.75) is 200 Å². The number of hydrogen-bond donors (Lipinski definition) is 30. The molecule has 0 saturated heterocycles. The standard InChI is InChI=1S/C68H103N17O33S2/c69-67-84-57-56(64(112)85-67)76-33(23-75-57)22-71-32-3-1-31(2-4-32)58(106)82-42(65(113)114)8-14-53(101)77-37(5-11-50(98)72-24-34(89)19-44(92)47(95)27-86)59(107)80-40(9-15-54(102)103)61(109)78-38(6-12-51(99)73-25-35(90)20-45(93)48(96)28-87)60(108)81-41(10-16-55(104)105)62(110)79-39(7-13-52(100)74-26-36(91)21-46(94)49(97)29-88)63(111)83-43(66(115)116)30-120-119-18-17-118-68(70)117/h1-4,23,34-49,71,86-97H,5-22,24-30H2,(H2,70,117)(H,72,98)(H,73,99)(H,74,100)(H,77,101)(H,78,109)(H,79,110)(H,80,107)(H,81,108)(H,82,106)(H,83,111)(H,102,103)(H,104,105)(H,113,114)(H,115,116)(H3,69,75,84,85,112)/t34-,35-,36-,37+,38+,39+,40-,41-,42-,43-,44+,45+,46+,47-,48-,49-/m1/s1. The molecule has 0 fully saturated rings. The lowest BCUT2D eigenvalue weighted by molar-refractivity contribution is -0.142. The molecule has 0 spiro atoms. The molecule has 0 aliphatic rings. The van der Waals surface area contributed by atoms with Crippen molar-refractivity contribution < 1.29 is 158 Å². The Morgan fingerprint density at radius 1 is 0.458 bits per heavy atom. The largest absolute Gasteiger partial charge is 0.481 e. The molecule has 120 heavy (non-hydrogen) atoms. The van der Waals surface area contributed by atoms with E-state index in [2.05, 4.69) is 83.2 Å². The number of hydrogen-bond acceptors (Lipinski definition) is 36. The number of ether oxygens (including phenoxy) is 1. The predicted octanol–water partition coefficient (Wildman–Crippen LogP) is -10.8. The summed E-state index contributed by atoms with van der Waals surface area (Å²) in [6.45, 7) is -4.87. The lowest BCUT2D eigenvalue weighted by atomic mass is 10.0. The first-order valence-corrected chi connectivity index (χ1v) is 39.4. The molecule has 16 atom stereocenters. The quantitative estimate of drug-likeness (QED) is 0.0184. The van der Waals surface area contributed by atoms with Crippen LogP contribution in [0.25, 0.3) is 11.2 Å². The number of H-pyrrole nitrogens is 1. The number of nitrogen functional groups attached to an aromatic ring is 1. The smallest absolute Gasteiger partial charge is 0.404 e. The van der Waals surface area contributed by atoms with Crippen molar-refractivity contribution >= 4 is 133 Å². The number of carboxylic acids is 4. The van der Waals surface area contributed by atoms with Crippen LogP contribution in [0.5, 0.6) is 0 Å². The van der Waals surface area contributed by atoms with E-state index in [1.54, 1.807) is 0 Å². The van der Waals surface area contributed by atoms with Gasteiger partial charge in [-0.05, 0) is 62.8 Å². The molecule has 1 aromatic carbocycles. The number of aromatic amines is 1. The summed E-state index contributed by atoms with van der Waals surface area (Å²) < 4.78 is 4.62. The van der Waals surface area contributed by atoms with Gasteiger partial charge < -0.3 is 156 Å². The monoisotopic (exact) mass is 1750 g/mol. The lowest BCUT2D eigenvalue weighted by Crippen LogP contribution is -2.59. The minimum absolute atomic E-state index is 0.00911. The fourth-order valence-corrected chi connectivity index (χ4v) is 12.5. The first-order chi connectivity index (χ1) is 56.6. The van der Waals surface area contributed by atoms with Crippen molar-refractivity contribution in [2.75, 3.05) is 68.6 Å². The average molecular weight is 1750 g/mol. The zero-order valence-electron chi connectivity index (χ0n) is 64.2. The Morgan fingerprint density at radius 2 is 0.833 bits per heavy atom. The minimum atomic E-state index is -2.18. The molecule has 0 saturated carbocycles. The van der Waals surface area contributed by atoms with Crippen molar-refractivity contribution in [3.05, 3.63) is 52.1 Å². The van der Waals surface area contributed by atoms with Crippen LogP contribution in [0.3, 0.4) is 0 Å². The Hall–Kier alpha value is -10.9. The topological polar surface area (TPSA) is 845 Å². The zero-order chi connectivity index (χ0) is 89.9. The van der Waals surface area contributed by atoms with E-state index in [0.29, 0.717) is 11.4 Å². The Morgan fingerprint density at radius 3 is 1.22 bits per heavy atom. The fourth-order valence-electron chi connectivity index (χ4n) is 10.5. The van der Waals surface area contributed by atoms with E-state index in [-0.39, 0.29) is 41.6 Å². The number of nitrogens with zero attached hydrogens (tertiary/aromatic N) is 3. The van der Waals surface area contributed by atoms with Crippen molar-refractivity contribution in [2.24, 2.45) is 5.73 Å². The number of anilines is 2. The van der Waals surface area contributed by atoms with Crippen LogP contribution in [0, 0.1) is 0 Å². The van der Waals surface area contributed by atoms with Gasteiger partial charge in [0.2, 0.25) is 59.1 Å². The first-order valence-electron chi connectivity index (χ1n) is 36.9. The number of rotatable bonds is 60. The highest BCUT2D eigenvalue weighted by atomic mass is 33.1. The Kier molecular flexibility index (Phi) is 46.8. The summed E-state index contributed by atoms with van der Waals surface area (Å²) in [7, 11) is 1.81. The number of carbonyl (C=O) groups is 15. The van der Waals surface area contributed by atoms with Gasteiger partial charge in [-0.1, -0.05) is 21.6 Å². The number of aliphatic hydroxyl groups excluding tert-OH is 12. The van der Waals surface area contributed by atoms with E-state index >= 15 is 0 Å². The first kappa shape index (κ1) is 103. The molecule has 2 heterocycles. The lowest BCUT2D eigenvalue weighted by Gasteiger charge is -2.27. The average Bonchev–Trinajstić information content (AvgIpc) is 0.810. The summed E-state index contributed by atoms with van der Waals surface area (Å²) in [5.41, 5.74) is 10.4. The number of nitrogens with one attached hydrogen (secondary N) is 12. The Bertz CT molecular complexity index is 3970. The fraction of sp³-hybridized carbons (Fsp3) is 0.603. The van der Waals surface area contributed by atoms with Crippen LogP contribution in [-0.4, -0.2) is 345 Å². The number of fused-ring (bicyclic) bond motifs is 1. The van der Waals surface area contributed by atoms with Crippen molar-refractivity contribution in [3.8, 4) is 0 Å². The van der Waals surface area contributed by atoms with Crippen LogP contribution in [0.2, 0.25) is 0 Å². The molecule has 0 radical (unpaired) electrons. The summed E-state index contributed by atoms with van der Waals surface area (Å²) in [5, 5.41) is 184. The van der Waals surface area contributed by atoms with E-state index in [4.69, 9.17) is 16.6 Å². The van der Waals surface area contributed by atoms with Gasteiger partial charge in [-0.2, -0.15) is 4.98 Å². The number of benzene rings is 1. The van der Waals surface area contributed by atoms with Crippen molar-refractivity contribution in [1.82, 2.24) is 73.1 Å². The van der Waals surface area contributed by atoms with Crippen molar-refractivity contribution in [1.29, 1.82) is 0 Å². The molecule has 0 bridgehead atoms. The Labute approximate surface area is 688 Å². The molecule has 52 heteroatoms. The summed E-state index contributed by atoms with van der Waals surface area (Å²) in [4.78, 5) is 227. The van der Waals surface area contributed by atoms with Gasteiger partial charge in [0.1, 0.15) is 67.2 Å². The molecule has 3 aromatic rings. The van der Waals surface area contributed by atoms with E-state index < -0.39 is 333 Å². The summed E-state index contributed by atoms with van der Waals surface area (Å²) in [6.07, 6.45) is -26.7. The number of nitrogens with two attached hydrogens (primary N) is 2. The van der Waals surface area contributed by atoms with Crippen LogP contribution >= 0.6 is 21.6 Å².